The van der Waals surface area contributed by atoms with Crippen molar-refractivity contribution in [2.75, 3.05) is 55.7 Å². The molecule has 4 aromatic carbocycles. The van der Waals surface area contributed by atoms with Crippen LogP contribution in [-0.4, -0.2) is 76.9 Å². The van der Waals surface area contributed by atoms with Crippen LogP contribution in [0.3, 0.4) is 0 Å². The summed E-state index contributed by atoms with van der Waals surface area (Å²) in [6.07, 6.45) is 4.67. The fraction of sp³-hybridized carbons (Fsp3) is 0.405. The molecule has 2 atom stereocenters. The number of aldehydes is 1. The summed E-state index contributed by atoms with van der Waals surface area (Å²) in [4.78, 5) is 16.6. The maximum atomic E-state index is 11.6. The van der Waals surface area contributed by atoms with Gasteiger partial charge in [0.15, 0.2) is 29.3 Å². The molecule has 4 aliphatic heterocycles. The van der Waals surface area contributed by atoms with Gasteiger partial charge < -0.3 is 33.5 Å². The molecule has 0 fully saturated rings. The zero-order chi connectivity index (χ0) is 36.5. The normalized spacial score (nSPS) is 18.4. The van der Waals surface area contributed by atoms with E-state index in [9.17, 15) is 9.90 Å². The second-order valence-corrected chi connectivity index (χ2v) is 13.7. The third-order valence-corrected chi connectivity index (χ3v) is 11.4. The molecule has 4 heterocycles. The summed E-state index contributed by atoms with van der Waals surface area (Å²) in [5.74, 6) is 4.55. The Morgan fingerprint density at radius 3 is 1.50 bits per heavy atom. The fourth-order valence-electron chi connectivity index (χ4n) is 8.69. The summed E-state index contributed by atoms with van der Waals surface area (Å²) < 4.78 is 32.8. The van der Waals surface area contributed by atoms with Crippen molar-refractivity contribution in [1.29, 1.82) is 0 Å². The molecule has 4 aliphatic rings. The van der Waals surface area contributed by atoms with Gasteiger partial charge >= 0.3 is 0 Å². The highest BCUT2D eigenvalue weighted by Crippen LogP contribution is 2.45. The van der Waals surface area contributed by atoms with Crippen molar-refractivity contribution in [3.05, 3.63) is 104 Å². The number of aliphatic hydroxyl groups excluding tert-OH is 1. The number of benzene rings is 4. The van der Waals surface area contributed by atoms with Gasteiger partial charge in [-0.25, -0.2) is 0 Å². The number of ether oxygens (including phenoxy) is 6. The van der Waals surface area contributed by atoms with E-state index in [0.29, 0.717) is 23.4 Å². The summed E-state index contributed by atoms with van der Waals surface area (Å²) in [7, 11) is 9.97. The van der Waals surface area contributed by atoms with Gasteiger partial charge in [0, 0.05) is 43.8 Å². The topological polar surface area (TPSA) is 99.2 Å². The van der Waals surface area contributed by atoms with E-state index >= 15 is 0 Å². The average molecular weight is 709 g/mol. The van der Waals surface area contributed by atoms with E-state index in [-0.39, 0.29) is 6.61 Å². The first kappa shape index (κ1) is 35.6. The molecule has 0 aromatic heterocycles. The smallest absolute Gasteiger partial charge is 0.161 e. The predicted molar refractivity (Wildman–Crippen MR) is 198 cm³/mol. The highest BCUT2D eigenvalue weighted by Gasteiger charge is 2.36. The van der Waals surface area contributed by atoms with Crippen molar-refractivity contribution in [2.24, 2.45) is 0 Å². The highest BCUT2D eigenvalue weighted by atomic mass is 16.5. The van der Waals surface area contributed by atoms with E-state index in [1.807, 2.05) is 12.1 Å². The Kier molecular flexibility index (Phi) is 10.3. The predicted octanol–water partition coefficient (Wildman–Crippen LogP) is 6.04. The third kappa shape index (κ3) is 6.22. The van der Waals surface area contributed by atoms with Crippen molar-refractivity contribution in [3.8, 4) is 34.5 Å². The molecule has 0 spiro atoms. The number of hydrogen-bond acceptors (Lipinski definition) is 10. The summed E-state index contributed by atoms with van der Waals surface area (Å²) in [5, 5.41) is 9.86. The van der Waals surface area contributed by atoms with Crippen LogP contribution in [-0.2, 0) is 45.4 Å². The van der Waals surface area contributed by atoms with Crippen LogP contribution in [0.4, 0.5) is 0 Å². The summed E-state index contributed by atoms with van der Waals surface area (Å²) in [6, 6.07) is 17.2. The number of hydrogen-bond donors (Lipinski definition) is 1. The lowest BCUT2D eigenvalue weighted by Crippen LogP contribution is -2.39. The van der Waals surface area contributed by atoms with Gasteiger partial charge in [-0.05, 0) is 107 Å². The Labute approximate surface area is 305 Å². The molecule has 0 unspecified atom stereocenters. The average Bonchev–Trinajstić information content (AvgIpc) is 3.20. The number of carbonyl (C=O) groups excluding carboxylic acids is 1. The van der Waals surface area contributed by atoms with Crippen molar-refractivity contribution in [2.45, 2.75) is 57.5 Å². The van der Waals surface area contributed by atoms with Gasteiger partial charge in [-0.15, -0.1) is 0 Å². The van der Waals surface area contributed by atoms with E-state index < -0.39 is 0 Å². The molecule has 0 saturated heterocycles. The van der Waals surface area contributed by atoms with Gasteiger partial charge in [0.05, 0.1) is 54.8 Å². The zero-order valence-corrected chi connectivity index (χ0v) is 30.9. The van der Waals surface area contributed by atoms with Crippen LogP contribution in [0.15, 0.2) is 48.5 Å². The first-order valence-corrected chi connectivity index (χ1v) is 17.8. The van der Waals surface area contributed by atoms with Crippen molar-refractivity contribution < 1.29 is 38.3 Å². The Hall–Kier alpha value is -4.77. The minimum absolute atomic E-state index is 0.00641. The third-order valence-electron chi connectivity index (χ3n) is 11.4. The van der Waals surface area contributed by atoms with Crippen LogP contribution in [0, 0.1) is 0 Å². The molecular formula is C42H48N2O8. The molecule has 0 saturated carbocycles. The molecule has 10 heteroatoms. The first-order valence-electron chi connectivity index (χ1n) is 17.8. The van der Waals surface area contributed by atoms with E-state index in [1.165, 1.54) is 38.9 Å². The van der Waals surface area contributed by atoms with E-state index in [2.05, 4.69) is 46.2 Å². The molecule has 0 radical (unpaired) electrons. The fourth-order valence-corrected chi connectivity index (χ4v) is 8.69. The summed E-state index contributed by atoms with van der Waals surface area (Å²) >= 11 is 0. The van der Waals surface area contributed by atoms with Crippen molar-refractivity contribution in [1.82, 2.24) is 9.80 Å². The lowest BCUT2D eigenvalue weighted by molar-refractivity contribution is 0.111. The molecule has 52 heavy (non-hydrogen) atoms. The van der Waals surface area contributed by atoms with Gasteiger partial charge in [0.1, 0.15) is 11.5 Å². The standard InChI is InChI=1S/C21H25NO4.C21H23NO4/c2*1-24-19-5-4-13-8-18-15-10-21(26-3)20(25-2)9-14(15)6-7-22(18)11-16(13)17(19)12-23/h4-5,9-10,18,23H,6-8,11-12H2,1-3H3;4-5,9-10,12,18H,6-8,11H2,1-3H3/t2*18-/m00/s1. The van der Waals surface area contributed by atoms with Crippen LogP contribution in [0.25, 0.3) is 0 Å². The molecule has 0 bridgehead atoms. The Morgan fingerprint density at radius 1 is 0.596 bits per heavy atom. The Morgan fingerprint density at radius 2 is 1.04 bits per heavy atom. The van der Waals surface area contributed by atoms with Crippen LogP contribution in [0.2, 0.25) is 0 Å². The molecule has 8 rings (SSSR count). The van der Waals surface area contributed by atoms with Crippen molar-refractivity contribution in [3.63, 3.8) is 0 Å². The van der Waals surface area contributed by atoms with Gasteiger partial charge in [-0.2, -0.15) is 0 Å². The van der Waals surface area contributed by atoms with E-state index in [4.69, 9.17) is 28.4 Å². The molecule has 274 valence electrons. The first-order chi connectivity index (χ1) is 25.4. The number of rotatable bonds is 8. The summed E-state index contributed by atoms with van der Waals surface area (Å²) in [5.41, 5.74) is 11.7. The number of carbonyl (C=O) groups is 1. The van der Waals surface area contributed by atoms with Crippen LogP contribution in [0.5, 0.6) is 34.5 Å². The van der Waals surface area contributed by atoms with Crippen molar-refractivity contribution >= 4 is 6.29 Å². The highest BCUT2D eigenvalue weighted by molar-refractivity contribution is 5.82. The lowest BCUT2D eigenvalue weighted by Gasteiger charge is -2.42. The van der Waals surface area contributed by atoms with Gasteiger partial charge in [0.25, 0.3) is 0 Å². The second-order valence-electron chi connectivity index (χ2n) is 13.7. The molecule has 0 amide bonds. The van der Waals surface area contributed by atoms with Crippen LogP contribution >= 0.6 is 0 Å². The number of aliphatic hydroxyl groups is 1. The quantitative estimate of drug-likeness (QED) is 0.218. The molecule has 0 aliphatic carbocycles. The Balaban J connectivity index is 0.000000162. The van der Waals surface area contributed by atoms with Gasteiger partial charge in [-0.1, -0.05) is 12.1 Å². The van der Waals surface area contributed by atoms with Gasteiger partial charge in [0.2, 0.25) is 0 Å². The molecule has 10 nitrogen and oxygen atoms in total. The lowest BCUT2D eigenvalue weighted by atomic mass is 9.82. The molecular weight excluding hydrogens is 660 g/mol. The minimum Gasteiger partial charge on any atom is -0.496 e. The number of fused-ring (bicyclic) bond motifs is 8. The maximum absolute atomic E-state index is 11.6. The molecule has 4 aromatic rings. The zero-order valence-electron chi connectivity index (χ0n) is 30.9. The van der Waals surface area contributed by atoms with Gasteiger partial charge in [-0.3, -0.25) is 14.6 Å². The SMILES string of the molecule is COc1cc2c(cc1OC)[C@@H]1Cc3ccc(OC)c(C=O)c3CN1CC2.COc1cc2c(cc1OC)[C@@H]1Cc3ccc(OC)c(CO)c3CN1CC2. The molecule has 1 N–H and O–H groups in total. The summed E-state index contributed by atoms with van der Waals surface area (Å²) in [6.45, 7) is 3.56. The number of nitrogens with zero attached hydrogens (tertiary/aromatic N) is 2. The maximum Gasteiger partial charge on any atom is 0.161 e. The second kappa shape index (κ2) is 15.1. The largest absolute Gasteiger partial charge is 0.496 e. The number of methoxy groups -OCH3 is 6. The van der Waals surface area contributed by atoms with E-state index in [0.717, 1.165) is 98.0 Å². The van der Waals surface area contributed by atoms with E-state index in [1.54, 1.807) is 42.7 Å². The van der Waals surface area contributed by atoms with Crippen LogP contribution < -0.4 is 28.4 Å². The minimum atomic E-state index is 0.00641. The van der Waals surface area contributed by atoms with Crippen LogP contribution in [0.1, 0.15) is 72.5 Å². The monoisotopic (exact) mass is 708 g/mol. The Bertz CT molecular complexity index is 1980.